The van der Waals surface area contributed by atoms with Crippen molar-refractivity contribution in [2.75, 3.05) is 36.2 Å². The van der Waals surface area contributed by atoms with E-state index in [0.717, 1.165) is 17.2 Å². The van der Waals surface area contributed by atoms with Crippen molar-refractivity contribution in [2.24, 2.45) is 0 Å². The summed E-state index contributed by atoms with van der Waals surface area (Å²) >= 11 is 0. The van der Waals surface area contributed by atoms with Crippen molar-refractivity contribution in [3.05, 3.63) is 11.9 Å². The molecule has 1 aromatic rings. The summed E-state index contributed by atoms with van der Waals surface area (Å²) in [4.78, 5) is 8.20. The van der Waals surface area contributed by atoms with Gasteiger partial charge in [0.05, 0.1) is 0 Å². The molecule has 0 amide bonds. The highest BCUT2D eigenvalue weighted by Gasteiger charge is 2.04. The van der Waals surface area contributed by atoms with E-state index >= 15 is 0 Å². The van der Waals surface area contributed by atoms with E-state index in [-0.39, 0.29) is 0 Å². The number of nitrogens with zero attached hydrogens (tertiary/aromatic N) is 2. The SMILES string of the molecule is CNc1ncnc(NCCS(C)=O)c1C. The molecule has 0 aromatic carbocycles. The van der Waals surface area contributed by atoms with Gasteiger partial charge in [-0.2, -0.15) is 0 Å². The number of hydrogen-bond donors (Lipinski definition) is 2. The molecule has 84 valence electrons. The summed E-state index contributed by atoms with van der Waals surface area (Å²) < 4.78 is 10.9. The van der Waals surface area contributed by atoms with E-state index < -0.39 is 10.8 Å². The fourth-order valence-electron chi connectivity index (χ4n) is 1.19. The smallest absolute Gasteiger partial charge is 0.134 e. The average molecular weight is 228 g/mol. The van der Waals surface area contributed by atoms with Gasteiger partial charge < -0.3 is 10.6 Å². The molecule has 0 radical (unpaired) electrons. The monoisotopic (exact) mass is 228 g/mol. The van der Waals surface area contributed by atoms with E-state index in [1.54, 1.807) is 6.26 Å². The summed E-state index contributed by atoms with van der Waals surface area (Å²) in [5.74, 6) is 2.23. The van der Waals surface area contributed by atoms with Gasteiger partial charge in [-0.25, -0.2) is 9.97 Å². The molecule has 0 saturated heterocycles. The van der Waals surface area contributed by atoms with E-state index in [0.29, 0.717) is 12.3 Å². The summed E-state index contributed by atoms with van der Waals surface area (Å²) in [6, 6.07) is 0. The third-order valence-electron chi connectivity index (χ3n) is 2.00. The average Bonchev–Trinajstić information content (AvgIpc) is 2.20. The van der Waals surface area contributed by atoms with Crippen LogP contribution in [0.4, 0.5) is 11.6 Å². The first-order chi connectivity index (χ1) is 7.15. The van der Waals surface area contributed by atoms with Gasteiger partial charge in [-0.05, 0) is 6.92 Å². The van der Waals surface area contributed by atoms with Crippen LogP contribution in [0.2, 0.25) is 0 Å². The minimum Gasteiger partial charge on any atom is -0.373 e. The van der Waals surface area contributed by atoms with Crippen molar-refractivity contribution in [1.29, 1.82) is 0 Å². The van der Waals surface area contributed by atoms with Crippen LogP contribution in [0.1, 0.15) is 5.56 Å². The molecule has 0 spiro atoms. The lowest BCUT2D eigenvalue weighted by molar-refractivity contribution is 0.687. The maximum Gasteiger partial charge on any atom is 0.134 e. The van der Waals surface area contributed by atoms with Crippen LogP contribution < -0.4 is 10.6 Å². The number of hydrogen-bond acceptors (Lipinski definition) is 5. The summed E-state index contributed by atoms with van der Waals surface area (Å²) in [6.45, 7) is 2.60. The minimum absolute atomic E-state index is 0.623. The van der Waals surface area contributed by atoms with E-state index in [1.165, 1.54) is 6.33 Å². The fraction of sp³-hybridized carbons (Fsp3) is 0.556. The summed E-state index contributed by atoms with van der Waals surface area (Å²) in [7, 11) is 1.05. The molecule has 0 saturated carbocycles. The lowest BCUT2D eigenvalue weighted by Crippen LogP contribution is -2.12. The molecule has 1 heterocycles. The van der Waals surface area contributed by atoms with Crippen LogP contribution in [-0.4, -0.2) is 39.8 Å². The van der Waals surface area contributed by atoms with Gasteiger partial charge in [0.2, 0.25) is 0 Å². The number of aromatic nitrogens is 2. The van der Waals surface area contributed by atoms with Crippen LogP contribution in [-0.2, 0) is 10.8 Å². The Morgan fingerprint density at radius 3 is 2.67 bits per heavy atom. The Bertz CT molecular complexity index is 356. The predicted octanol–water partition coefficient (Wildman–Crippen LogP) is 0.617. The first-order valence-electron chi connectivity index (χ1n) is 4.68. The zero-order chi connectivity index (χ0) is 11.3. The maximum atomic E-state index is 10.9. The molecular formula is C9H16N4OS. The molecule has 0 aliphatic carbocycles. The molecule has 0 aliphatic heterocycles. The third-order valence-corrected chi connectivity index (χ3v) is 2.78. The van der Waals surface area contributed by atoms with Gasteiger partial charge in [0.25, 0.3) is 0 Å². The summed E-state index contributed by atoms with van der Waals surface area (Å²) in [5.41, 5.74) is 0.974. The Labute approximate surface area is 92.2 Å². The topological polar surface area (TPSA) is 66.9 Å². The van der Waals surface area contributed by atoms with E-state index in [4.69, 9.17) is 0 Å². The number of nitrogens with one attached hydrogen (secondary N) is 2. The standard InChI is InChI=1S/C9H16N4OS/c1-7-8(10-2)12-6-13-9(7)11-4-5-15(3)14/h6H,4-5H2,1-3H3,(H2,10,11,12,13). The predicted molar refractivity (Wildman–Crippen MR) is 63.7 cm³/mol. The molecule has 1 aromatic heterocycles. The van der Waals surface area contributed by atoms with Crippen LogP contribution in [0.3, 0.4) is 0 Å². The minimum atomic E-state index is -0.775. The second-order valence-electron chi connectivity index (χ2n) is 3.15. The van der Waals surface area contributed by atoms with Crippen LogP contribution in [0.5, 0.6) is 0 Å². The van der Waals surface area contributed by atoms with Gasteiger partial charge in [0, 0.05) is 42.0 Å². The van der Waals surface area contributed by atoms with E-state index in [9.17, 15) is 4.21 Å². The molecule has 0 aliphatic rings. The lowest BCUT2D eigenvalue weighted by atomic mass is 10.3. The van der Waals surface area contributed by atoms with Crippen LogP contribution in [0.25, 0.3) is 0 Å². The second-order valence-corrected chi connectivity index (χ2v) is 4.70. The quantitative estimate of drug-likeness (QED) is 0.773. The van der Waals surface area contributed by atoms with Gasteiger partial charge >= 0.3 is 0 Å². The zero-order valence-electron chi connectivity index (χ0n) is 9.20. The van der Waals surface area contributed by atoms with Gasteiger partial charge in [0.15, 0.2) is 0 Å². The van der Waals surface area contributed by atoms with Gasteiger partial charge in [-0.1, -0.05) is 0 Å². The largest absolute Gasteiger partial charge is 0.373 e. The number of anilines is 2. The molecule has 1 rings (SSSR count). The first kappa shape index (κ1) is 11.9. The van der Waals surface area contributed by atoms with Gasteiger partial charge in [-0.3, -0.25) is 4.21 Å². The number of rotatable bonds is 5. The van der Waals surface area contributed by atoms with Crippen LogP contribution >= 0.6 is 0 Å². The van der Waals surface area contributed by atoms with Crippen LogP contribution in [0.15, 0.2) is 6.33 Å². The highest BCUT2D eigenvalue weighted by atomic mass is 32.2. The molecule has 0 fully saturated rings. The molecule has 15 heavy (non-hydrogen) atoms. The Kier molecular flexibility index (Phi) is 4.48. The maximum absolute atomic E-state index is 10.9. The van der Waals surface area contributed by atoms with Crippen LogP contribution in [0, 0.1) is 6.92 Å². The Hall–Kier alpha value is -1.17. The Morgan fingerprint density at radius 2 is 2.07 bits per heavy atom. The van der Waals surface area contributed by atoms with Crippen molar-refractivity contribution >= 4 is 22.4 Å². The Morgan fingerprint density at radius 1 is 1.40 bits per heavy atom. The fourth-order valence-corrected chi connectivity index (χ4v) is 1.58. The molecule has 1 unspecified atom stereocenters. The van der Waals surface area contributed by atoms with Crippen molar-refractivity contribution in [2.45, 2.75) is 6.92 Å². The zero-order valence-corrected chi connectivity index (χ0v) is 10.0. The van der Waals surface area contributed by atoms with Crippen molar-refractivity contribution in [3.8, 4) is 0 Å². The highest BCUT2D eigenvalue weighted by Crippen LogP contribution is 2.16. The third kappa shape index (κ3) is 3.47. The van der Waals surface area contributed by atoms with Crippen molar-refractivity contribution in [3.63, 3.8) is 0 Å². The van der Waals surface area contributed by atoms with Crippen molar-refractivity contribution < 1.29 is 4.21 Å². The summed E-state index contributed by atoms with van der Waals surface area (Å²) in [5, 5.41) is 6.12. The molecule has 5 nitrogen and oxygen atoms in total. The molecular weight excluding hydrogens is 212 g/mol. The molecule has 0 bridgehead atoms. The lowest BCUT2D eigenvalue weighted by Gasteiger charge is -2.10. The Balaban J connectivity index is 2.64. The first-order valence-corrected chi connectivity index (χ1v) is 6.41. The molecule has 2 N–H and O–H groups in total. The normalized spacial score (nSPS) is 12.2. The van der Waals surface area contributed by atoms with Gasteiger partial charge in [0.1, 0.15) is 18.0 Å². The van der Waals surface area contributed by atoms with Gasteiger partial charge in [-0.15, -0.1) is 0 Å². The molecule has 6 heteroatoms. The summed E-state index contributed by atoms with van der Waals surface area (Å²) in [6.07, 6.45) is 3.19. The second kappa shape index (κ2) is 5.65. The van der Waals surface area contributed by atoms with Crippen molar-refractivity contribution in [1.82, 2.24) is 9.97 Å². The van der Waals surface area contributed by atoms with E-state index in [1.807, 2.05) is 14.0 Å². The van der Waals surface area contributed by atoms with E-state index in [2.05, 4.69) is 20.6 Å². The molecule has 1 atom stereocenters. The highest BCUT2D eigenvalue weighted by molar-refractivity contribution is 7.84.